The Balaban J connectivity index is 1.34. The summed E-state index contributed by atoms with van der Waals surface area (Å²) in [6.07, 6.45) is 1.24. The molecule has 2 heterocycles. The molecule has 0 aromatic heterocycles. The maximum absolute atomic E-state index is 12.8. The van der Waals surface area contributed by atoms with Crippen LogP contribution < -0.4 is 14.8 Å². The number of rotatable bonds is 7. The highest BCUT2D eigenvalue weighted by Gasteiger charge is 2.39. The van der Waals surface area contributed by atoms with Gasteiger partial charge in [-0.1, -0.05) is 30.3 Å². The van der Waals surface area contributed by atoms with Gasteiger partial charge in [0.05, 0.1) is 20.6 Å². The number of carbonyl (C=O) groups excluding carboxylic acids is 3. The van der Waals surface area contributed by atoms with Crippen LogP contribution in [0.25, 0.3) is 0 Å². The molecule has 4 rings (SSSR count). The van der Waals surface area contributed by atoms with Gasteiger partial charge in [0, 0.05) is 19.6 Å². The Bertz CT molecular complexity index is 1040. The van der Waals surface area contributed by atoms with Gasteiger partial charge in [-0.3, -0.25) is 14.5 Å². The molecule has 0 bridgehead atoms. The van der Waals surface area contributed by atoms with E-state index in [1.165, 1.54) is 10.5 Å². The van der Waals surface area contributed by atoms with Crippen LogP contribution in [0.1, 0.15) is 23.1 Å². The third kappa shape index (κ3) is 4.39. The summed E-state index contributed by atoms with van der Waals surface area (Å²) in [7, 11) is 3.12. The molecule has 32 heavy (non-hydrogen) atoms. The van der Waals surface area contributed by atoms with Crippen LogP contribution in [-0.4, -0.2) is 61.0 Å². The number of amides is 4. The van der Waals surface area contributed by atoms with Crippen molar-refractivity contribution in [1.82, 2.24) is 15.1 Å². The van der Waals surface area contributed by atoms with Crippen molar-refractivity contribution in [2.75, 3.05) is 27.3 Å². The van der Waals surface area contributed by atoms with Crippen molar-refractivity contribution in [1.29, 1.82) is 0 Å². The normalized spacial score (nSPS) is 17.8. The summed E-state index contributed by atoms with van der Waals surface area (Å²) >= 11 is 0. The number of nitrogens with one attached hydrogen (secondary N) is 1. The van der Waals surface area contributed by atoms with Gasteiger partial charge in [-0.15, -0.1) is 0 Å². The zero-order valence-corrected chi connectivity index (χ0v) is 18.3. The Kier molecular flexibility index (Phi) is 6.30. The molecule has 1 fully saturated rings. The molecule has 0 radical (unpaired) electrons. The molecule has 0 spiro atoms. The van der Waals surface area contributed by atoms with E-state index in [-0.39, 0.29) is 24.8 Å². The monoisotopic (exact) mass is 437 g/mol. The van der Waals surface area contributed by atoms with Gasteiger partial charge in [0.2, 0.25) is 5.91 Å². The second kappa shape index (κ2) is 9.30. The summed E-state index contributed by atoms with van der Waals surface area (Å²) in [5.41, 5.74) is 3.29. The molecule has 0 aliphatic carbocycles. The van der Waals surface area contributed by atoms with Gasteiger partial charge < -0.3 is 19.7 Å². The highest BCUT2D eigenvalue weighted by Crippen LogP contribution is 2.28. The molecular weight excluding hydrogens is 410 g/mol. The van der Waals surface area contributed by atoms with E-state index in [0.29, 0.717) is 31.0 Å². The first kappa shape index (κ1) is 21.7. The van der Waals surface area contributed by atoms with E-state index in [9.17, 15) is 14.4 Å². The number of hydrogen-bond donors (Lipinski definition) is 1. The van der Waals surface area contributed by atoms with E-state index in [1.807, 2.05) is 30.3 Å². The molecule has 2 aliphatic rings. The molecule has 2 aromatic carbocycles. The highest BCUT2D eigenvalue weighted by atomic mass is 16.5. The predicted molar refractivity (Wildman–Crippen MR) is 117 cm³/mol. The minimum absolute atomic E-state index is 0.0282. The SMILES string of the molecule is COc1ccc(CCN2C(=O)NC(CC(=O)N3CCc4ccccc4C3)C2=O)cc1OC. The van der Waals surface area contributed by atoms with Crippen molar-refractivity contribution in [2.45, 2.75) is 31.8 Å². The van der Waals surface area contributed by atoms with Crippen molar-refractivity contribution in [3.8, 4) is 11.5 Å². The molecule has 8 nitrogen and oxygen atoms in total. The van der Waals surface area contributed by atoms with Crippen molar-refractivity contribution < 1.29 is 23.9 Å². The molecule has 1 atom stereocenters. The molecule has 168 valence electrons. The van der Waals surface area contributed by atoms with E-state index in [2.05, 4.69) is 11.4 Å². The van der Waals surface area contributed by atoms with Gasteiger partial charge in [0.1, 0.15) is 6.04 Å². The average Bonchev–Trinajstić information content (AvgIpc) is 3.08. The molecule has 8 heteroatoms. The Morgan fingerprint density at radius 3 is 2.56 bits per heavy atom. The number of methoxy groups -OCH3 is 2. The highest BCUT2D eigenvalue weighted by molar-refractivity contribution is 6.05. The summed E-state index contributed by atoms with van der Waals surface area (Å²) in [6, 6.07) is 12.3. The Hall–Kier alpha value is -3.55. The van der Waals surface area contributed by atoms with Gasteiger partial charge in [-0.05, 0) is 41.7 Å². The average molecular weight is 437 g/mol. The summed E-state index contributed by atoms with van der Waals surface area (Å²) in [5.74, 6) is 0.722. The van der Waals surface area contributed by atoms with Crippen LogP contribution in [0.4, 0.5) is 4.79 Å². The van der Waals surface area contributed by atoms with Crippen molar-refractivity contribution in [3.63, 3.8) is 0 Å². The largest absolute Gasteiger partial charge is 0.493 e. The van der Waals surface area contributed by atoms with E-state index in [0.717, 1.165) is 17.5 Å². The number of ether oxygens (including phenoxy) is 2. The van der Waals surface area contributed by atoms with E-state index >= 15 is 0 Å². The Labute approximate surface area is 187 Å². The minimum Gasteiger partial charge on any atom is -0.493 e. The maximum atomic E-state index is 12.8. The lowest BCUT2D eigenvalue weighted by Gasteiger charge is -2.29. The van der Waals surface area contributed by atoms with Gasteiger partial charge in [0.25, 0.3) is 5.91 Å². The van der Waals surface area contributed by atoms with Crippen LogP contribution >= 0.6 is 0 Å². The molecule has 0 saturated carbocycles. The predicted octanol–water partition coefficient (Wildman–Crippen LogP) is 2.14. The fraction of sp³-hybridized carbons (Fsp3) is 0.375. The Morgan fingerprint density at radius 2 is 1.81 bits per heavy atom. The summed E-state index contributed by atoms with van der Waals surface area (Å²) in [4.78, 5) is 40.9. The number of benzene rings is 2. The third-order valence-electron chi connectivity index (χ3n) is 6.04. The number of urea groups is 1. The lowest BCUT2D eigenvalue weighted by Crippen LogP contribution is -2.41. The topological polar surface area (TPSA) is 88.2 Å². The quantitative estimate of drug-likeness (QED) is 0.671. The van der Waals surface area contributed by atoms with Crippen molar-refractivity contribution in [3.05, 3.63) is 59.2 Å². The lowest BCUT2D eigenvalue weighted by molar-refractivity contribution is -0.136. The number of imide groups is 1. The lowest BCUT2D eigenvalue weighted by atomic mass is 9.99. The fourth-order valence-corrected chi connectivity index (χ4v) is 4.22. The molecule has 1 unspecified atom stereocenters. The standard InChI is InChI=1S/C24H27N3O5/c1-31-20-8-7-16(13-21(20)32-2)9-12-27-23(29)19(25-24(27)30)14-22(28)26-11-10-17-5-3-4-6-18(17)15-26/h3-8,13,19H,9-12,14-15H2,1-2H3,(H,25,30). The van der Waals surface area contributed by atoms with Gasteiger partial charge in [-0.2, -0.15) is 0 Å². The van der Waals surface area contributed by atoms with Crippen molar-refractivity contribution in [2.24, 2.45) is 0 Å². The zero-order chi connectivity index (χ0) is 22.7. The Morgan fingerprint density at radius 1 is 1.06 bits per heavy atom. The van der Waals surface area contributed by atoms with Gasteiger partial charge >= 0.3 is 6.03 Å². The summed E-state index contributed by atoms with van der Waals surface area (Å²) in [5, 5.41) is 2.67. The van der Waals surface area contributed by atoms with Crippen LogP contribution in [-0.2, 0) is 29.0 Å². The smallest absolute Gasteiger partial charge is 0.324 e. The van der Waals surface area contributed by atoms with Gasteiger partial charge in [0.15, 0.2) is 11.5 Å². The summed E-state index contributed by atoms with van der Waals surface area (Å²) < 4.78 is 10.5. The van der Waals surface area contributed by atoms with Crippen molar-refractivity contribution >= 4 is 17.8 Å². The number of carbonyl (C=O) groups is 3. The first-order chi connectivity index (χ1) is 15.5. The van der Waals surface area contributed by atoms with Gasteiger partial charge in [-0.25, -0.2) is 4.79 Å². The molecular formula is C24H27N3O5. The van der Waals surface area contributed by atoms with Crippen LogP contribution in [0, 0.1) is 0 Å². The molecule has 2 aromatic rings. The first-order valence-corrected chi connectivity index (χ1v) is 10.7. The molecule has 4 amide bonds. The maximum Gasteiger partial charge on any atom is 0.324 e. The third-order valence-corrected chi connectivity index (χ3v) is 6.04. The fourth-order valence-electron chi connectivity index (χ4n) is 4.22. The zero-order valence-electron chi connectivity index (χ0n) is 18.3. The van der Waals surface area contributed by atoms with E-state index in [1.54, 1.807) is 25.2 Å². The van der Waals surface area contributed by atoms with Crippen LogP contribution in [0.15, 0.2) is 42.5 Å². The molecule has 2 aliphatic heterocycles. The molecule has 1 N–H and O–H groups in total. The molecule has 1 saturated heterocycles. The van der Waals surface area contributed by atoms with E-state index < -0.39 is 12.1 Å². The minimum atomic E-state index is -0.822. The van der Waals surface area contributed by atoms with E-state index in [4.69, 9.17) is 9.47 Å². The number of nitrogens with zero attached hydrogens (tertiary/aromatic N) is 2. The summed E-state index contributed by atoms with van der Waals surface area (Å²) in [6.45, 7) is 1.38. The van der Waals surface area contributed by atoms with Crippen LogP contribution in [0.2, 0.25) is 0 Å². The second-order valence-electron chi connectivity index (χ2n) is 7.97. The second-order valence-corrected chi connectivity index (χ2v) is 7.97. The number of hydrogen-bond acceptors (Lipinski definition) is 5. The number of fused-ring (bicyclic) bond motifs is 1. The first-order valence-electron chi connectivity index (χ1n) is 10.7. The van der Waals surface area contributed by atoms with Crippen LogP contribution in [0.5, 0.6) is 11.5 Å². The van der Waals surface area contributed by atoms with Crippen LogP contribution in [0.3, 0.4) is 0 Å².